The number of aryl methyl sites for hydroxylation is 2. The maximum Gasteiger partial charge on any atom is 0.0693 e. The van der Waals surface area contributed by atoms with Crippen molar-refractivity contribution in [1.82, 2.24) is 9.78 Å². The summed E-state index contributed by atoms with van der Waals surface area (Å²) in [5, 5.41) is 5.03. The summed E-state index contributed by atoms with van der Waals surface area (Å²) in [4.78, 5) is 0. The highest BCUT2D eigenvalue weighted by Gasteiger charge is 2.35. The molecule has 2 aliphatic rings. The molecule has 0 spiro atoms. The van der Waals surface area contributed by atoms with Crippen LogP contribution < -0.4 is 5.73 Å². The summed E-state index contributed by atoms with van der Waals surface area (Å²) in [6.45, 7) is 1.77. The predicted molar refractivity (Wildman–Crippen MR) is 89.1 cm³/mol. The third-order valence-electron chi connectivity index (χ3n) is 5.20. The quantitative estimate of drug-likeness (QED) is 0.919. The summed E-state index contributed by atoms with van der Waals surface area (Å²) in [6.07, 6.45) is 7.38. The van der Waals surface area contributed by atoms with Gasteiger partial charge in [0.1, 0.15) is 0 Å². The lowest BCUT2D eigenvalue weighted by atomic mass is 9.84. The fraction of sp³-hybridized carbons (Fsp3) is 0.526. The molecule has 0 aliphatic heterocycles. The molecule has 1 saturated carbocycles. The summed E-state index contributed by atoms with van der Waals surface area (Å²) < 4.78 is 2.30. The molecule has 1 heterocycles. The van der Waals surface area contributed by atoms with E-state index in [2.05, 4.69) is 35.0 Å². The molecule has 3 nitrogen and oxygen atoms in total. The van der Waals surface area contributed by atoms with Gasteiger partial charge in [0.05, 0.1) is 5.69 Å². The van der Waals surface area contributed by atoms with Crippen LogP contribution in [0.2, 0.25) is 0 Å². The molecule has 116 valence electrons. The van der Waals surface area contributed by atoms with Gasteiger partial charge in [0.2, 0.25) is 0 Å². The van der Waals surface area contributed by atoms with Crippen LogP contribution >= 0.6 is 0 Å². The van der Waals surface area contributed by atoms with Gasteiger partial charge in [-0.1, -0.05) is 30.3 Å². The third kappa shape index (κ3) is 2.58. The van der Waals surface area contributed by atoms with Crippen molar-refractivity contribution in [1.29, 1.82) is 0 Å². The minimum Gasteiger partial charge on any atom is -0.330 e. The highest BCUT2D eigenvalue weighted by Crippen LogP contribution is 2.45. The second-order valence-electron chi connectivity index (χ2n) is 6.80. The second kappa shape index (κ2) is 5.88. The first-order valence-electron chi connectivity index (χ1n) is 8.70. The van der Waals surface area contributed by atoms with Crippen LogP contribution in [-0.4, -0.2) is 16.3 Å². The topological polar surface area (TPSA) is 43.8 Å². The Bertz CT molecular complexity index is 640. The summed E-state index contributed by atoms with van der Waals surface area (Å²) in [6, 6.07) is 10.7. The molecule has 2 aliphatic carbocycles. The monoisotopic (exact) mass is 295 g/mol. The first-order valence-corrected chi connectivity index (χ1v) is 8.70. The average Bonchev–Trinajstić information content (AvgIpc) is 3.35. The van der Waals surface area contributed by atoms with E-state index in [-0.39, 0.29) is 0 Å². The second-order valence-corrected chi connectivity index (χ2v) is 6.80. The van der Waals surface area contributed by atoms with E-state index >= 15 is 0 Å². The van der Waals surface area contributed by atoms with Crippen molar-refractivity contribution < 1.29 is 0 Å². The van der Waals surface area contributed by atoms with Gasteiger partial charge in [-0.05, 0) is 56.6 Å². The van der Waals surface area contributed by atoms with Crippen molar-refractivity contribution >= 4 is 0 Å². The van der Waals surface area contributed by atoms with E-state index in [9.17, 15) is 0 Å². The lowest BCUT2D eigenvalue weighted by molar-refractivity contribution is 0.517. The minimum atomic E-state index is 0.546. The molecule has 1 aromatic carbocycles. The van der Waals surface area contributed by atoms with Gasteiger partial charge in [-0.25, -0.2) is 0 Å². The summed E-state index contributed by atoms with van der Waals surface area (Å²) in [5.41, 5.74) is 11.8. The number of rotatable bonds is 5. The lowest BCUT2D eigenvalue weighted by Gasteiger charge is -2.23. The molecule has 22 heavy (non-hydrogen) atoms. The van der Waals surface area contributed by atoms with Crippen molar-refractivity contribution in [3.05, 3.63) is 52.8 Å². The lowest BCUT2D eigenvalue weighted by Crippen LogP contribution is -2.20. The Morgan fingerprint density at radius 2 is 1.95 bits per heavy atom. The Kier molecular flexibility index (Phi) is 3.75. The van der Waals surface area contributed by atoms with Crippen LogP contribution in [0.5, 0.6) is 0 Å². The van der Waals surface area contributed by atoms with Crippen molar-refractivity contribution in [2.24, 2.45) is 5.73 Å². The molecular formula is C19H25N3. The molecule has 0 radical (unpaired) electrons. The van der Waals surface area contributed by atoms with Crippen molar-refractivity contribution in [3.63, 3.8) is 0 Å². The van der Waals surface area contributed by atoms with Gasteiger partial charge in [-0.15, -0.1) is 0 Å². The molecule has 1 unspecified atom stereocenters. The van der Waals surface area contributed by atoms with Gasteiger partial charge in [-0.2, -0.15) is 5.10 Å². The first-order chi connectivity index (χ1) is 10.9. The minimum absolute atomic E-state index is 0.546. The number of nitrogens with zero attached hydrogens (tertiary/aromatic N) is 2. The fourth-order valence-electron chi connectivity index (χ4n) is 3.86. The smallest absolute Gasteiger partial charge is 0.0693 e. The van der Waals surface area contributed by atoms with Crippen LogP contribution in [0.25, 0.3) is 0 Å². The molecule has 2 aromatic rings. The molecular weight excluding hydrogens is 270 g/mol. The van der Waals surface area contributed by atoms with Crippen molar-refractivity contribution in [2.75, 3.05) is 6.54 Å². The van der Waals surface area contributed by atoms with Crippen LogP contribution in [0.15, 0.2) is 30.3 Å². The Morgan fingerprint density at radius 1 is 1.14 bits per heavy atom. The van der Waals surface area contributed by atoms with Gasteiger partial charge in [0, 0.05) is 23.7 Å². The van der Waals surface area contributed by atoms with E-state index in [0.717, 1.165) is 25.4 Å². The molecule has 0 amide bonds. The Labute approximate surface area is 132 Å². The van der Waals surface area contributed by atoms with E-state index in [0.29, 0.717) is 5.92 Å². The SMILES string of the molecule is NCC1CCCc2c1c(C1CC1)nn2CCc1ccccc1. The van der Waals surface area contributed by atoms with E-state index in [1.165, 1.54) is 54.6 Å². The maximum absolute atomic E-state index is 6.04. The predicted octanol–water partition coefficient (Wildman–Crippen LogP) is 3.38. The molecule has 1 atom stereocenters. The number of fused-ring (bicyclic) bond motifs is 1. The highest BCUT2D eigenvalue weighted by molar-refractivity contribution is 5.37. The molecule has 3 heteroatoms. The highest BCUT2D eigenvalue weighted by atomic mass is 15.3. The Morgan fingerprint density at radius 3 is 2.68 bits per heavy atom. The third-order valence-corrected chi connectivity index (χ3v) is 5.20. The van der Waals surface area contributed by atoms with Crippen LogP contribution in [0, 0.1) is 0 Å². The van der Waals surface area contributed by atoms with Crippen LogP contribution in [0.1, 0.15) is 60.0 Å². The van der Waals surface area contributed by atoms with Gasteiger partial charge in [0.25, 0.3) is 0 Å². The van der Waals surface area contributed by atoms with Crippen molar-refractivity contribution in [3.8, 4) is 0 Å². The van der Waals surface area contributed by atoms with E-state index in [1.807, 2.05) is 0 Å². The molecule has 0 saturated heterocycles. The molecule has 4 rings (SSSR count). The van der Waals surface area contributed by atoms with Crippen LogP contribution in [0.3, 0.4) is 0 Å². The van der Waals surface area contributed by atoms with Gasteiger partial charge < -0.3 is 5.73 Å². The van der Waals surface area contributed by atoms with Crippen LogP contribution in [0.4, 0.5) is 0 Å². The zero-order valence-corrected chi connectivity index (χ0v) is 13.2. The molecule has 0 bridgehead atoms. The van der Waals surface area contributed by atoms with Gasteiger partial charge in [-0.3, -0.25) is 4.68 Å². The molecule has 1 aromatic heterocycles. The van der Waals surface area contributed by atoms with E-state index in [1.54, 1.807) is 0 Å². The number of nitrogens with two attached hydrogens (primary N) is 1. The van der Waals surface area contributed by atoms with Gasteiger partial charge >= 0.3 is 0 Å². The Hall–Kier alpha value is -1.61. The maximum atomic E-state index is 6.04. The number of aromatic nitrogens is 2. The van der Waals surface area contributed by atoms with E-state index < -0.39 is 0 Å². The Balaban J connectivity index is 1.62. The van der Waals surface area contributed by atoms with Crippen molar-refractivity contribution in [2.45, 2.75) is 56.9 Å². The van der Waals surface area contributed by atoms with Crippen LogP contribution in [-0.2, 0) is 19.4 Å². The molecule has 1 fully saturated rings. The van der Waals surface area contributed by atoms with Gasteiger partial charge in [0.15, 0.2) is 0 Å². The average molecular weight is 295 g/mol. The first kappa shape index (κ1) is 14.0. The largest absolute Gasteiger partial charge is 0.330 e. The summed E-state index contributed by atoms with van der Waals surface area (Å²) in [5.74, 6) is 1.27. The molecule has 2 N–H and O–H groups in total. The number of benzene rings is 1. The summed E-state index contributed by atoms with van der Waals surface area (Å²) in [7, 11) is 0. The standard InChI is InChI=1S/C19H25N3/c20-13-16-7-4-8-17-18(16)19(15-9-10-15)21-22(17)12-11-14-5-2-1-3-6-14/h1-3,5-6,15-16H,4,7-13,20H2. The summed E-state index contributed by atoms with van der Waals surface area (Å²) >= 11 is 0. The number of hydrogen-bond acceptors (Lipinski definition) is 2. The number of hydrogen-bond donors (Lipinski definition) is 1. The zero-order chi connectivity index (χ0) is 14.9. The van der Waals surface area contributed by atoms with E-state index in [4.69, 9.17) is 10.8 Å². The fourth-order valence-corrected chi connectivity index (χ4v) is 3.86. The normalized spacial score (nSPS) is 20.9. The zero-order valence-electron chi connectivity index (χ0n) is 13.2.